The van der Waals surface area contributed by atoms with Crippen molar-refractivity contribution < 1.29 is 14.3 Å². The van der Waals surface area contributed by atoms with Crippen molar-refractivity contribution in [3.05, 3.63) is 57.2 Å². The molecule has 0 bridgehead atoms. The number of ether oxygens (including phenoxy) is 1. The highest BCUT2D eigenvalue weighted by Gasteiger charge is 2.23. The monoisotopic (exact) mass is 442 g/mol. The summed E-state index contributed by atoms with van der Waals surface area (Å²) in [4.78, 5) is 32.5. The zero-order valence-corrected chi connectivity index (χ0v) is 18.1. The number of amides is 2. The van der Waals surface area contributed by atoms with Gasteiger partial charge in [0.15, 0.2) is 5.13 Å². The Kier molecular flexibility index (Phi) is 6.41. The van der Waals surface area contributed by atoms with Gasteiger partial charge in [-0.25, -0.2) is 4.98 Å². The largest absolute Gasteiger partial charge is 0.492 e. The second-order valence-corrected chi connectivity index (χ2v) is 8.66. The van der Waals surface area contributed by atoms with Gasteiger partial charge in [0.2, 0.25) is 5.91 Å². The normalized spacial score (nSPS) is 13.5. The molecule has 4 rings (SSSR count). The van der Waals surface area contributed by atoms with Gasteiger partial charge >= 0.3 is 0 Å². The van der Waals surface area contributed by atoms with Crippen LogP contribution in [0.15, 0.2) is 41.1 Å². The minimum absolute atomic E-state index is 0.0823. The second-order valence-electron chi connectivity index (χ2n) is 6.79. The van der Waals surface area contributed by atoms with Crippen LogP contribution in [0.25, 0.3) is 0 Å². The first kappa shape index (κ1) is 20.5. The summed E-state index contributed by atoms with van der Waals surface area (Å²) < 4.78 is 5.57. The van der Waals surface area contributed by atoms with E-state index in [9.17, 15) is 9.59 Å². The number of thiophene rings is 1. The number of benzene rings is 1. The summed E-state index contributed by atoms with van der Waals surface area (Å²) in [5, 5.41) is 10.1. The fourth-order valence-electron chi connectivity index (χ4n) is 3.24. The van der Waals surface area contributed by atoms with Gasteiger partial charge in [-0.2, -0.15) is 11.3 Å². The van der Waals surface area contributed by atoms with E-state index >= 15 is 0 Å². The molecule has 0 saturated heterocycles. The highest BCUT2D eigenvalue weighted by atomic mass is 32.1. The summed E-state index contributed by atoms with van der Waals surface area (Å²) in [6.07, 6.45) is 0.753. The standard InChI is InChI=1S/C21H22N4O3S2/c1-2-28-17-6-4-3-5-15(17)22-19(26)12-25-9-7-16-18(11-25)30-21(23-16)24-20(27)14-8-10-29-13-14/h3-6,8,10,13H,2,7,9,11-12H2,1H3,(H,22,26)(H,23,24,27). The van der Waals surface area contributed by atoms with Crippen molar-refractivity contribution in [2.75, 3.05) is 30.3 Å². The molecule has 2 aromatic heterocycles. The number of thiazole rings is 1. The molecule has 0 spiro atoms. The first-order chi connectivity index (χ1) is 14.6. The first-order valence-corrected chi connectivity index (χ1v) is 11.4. The maximum atomic E-state index is 12.6. The van der Waals surface area contributed by atoms with Gasteiger partial charge in [0, 0.05) is 29.8 Å². The van der Waals surface area contributed by atoms with Gasteiger partial charge in [-0.15, -0.1) is 11.3 Å². The number of aromatic nitrogens is 1. The molecule has 2 N–H and O–H groups in total. The van der Waals surface area contributed by atoms with E-state index in [-0.39, 0.29) is 18.4 Å². The number of carbonyl (C=O) groups is 2. The van der Waals surface area contributed by atoms with Crippen molar-refractivity contribution in [3.63, 3.8) is 0 Å². The van der Waals surface area contributed by atoms with Crippen LogP contribution in [-0.4, -0.2) is 41.4 Å². The number of hydrogen-bond donors (Lipinski definition) is 2. The van der Waals surface area contributed by atoms with Gasteiger partial charge in [0.1, 0.15) is 5.75 Å². The van der Waals surface area contributed by atoms with E-state index in [0.29, 0.717) is 35.3 Å². The van der Waals surface area contributed by atoms with Gasteiger partial charge < -0.3 is 10.1 Å². The van der Waals surface area contributed by atoms with Gasteiger partial charge in [0.25, 0.3) is 5.91 Å². The minimum atomic E-state index is -0.147. The van der Waals surface area contributed by atoms with Gasteiger partial charge in [-0.1, -0.05) is 12.1 Å². The third kappa shape index (κ3) is 4.86. The lowest BCUT2D eigenvalue weighted by Gasteiger charge is -2.25. The molecule has 3 aromatic rings. The zero-order valence-electron chi connectivity index (χ0n) is 16.5. The summed E-state index contributed by atoms with van der Waals surface area (Å²) in [7, 11) is 0. The molecular weight excluding hydrogens is 420 g/mol. The van der Waals surface area contributed by atoms with Crippen LogP contribution in [0.3, 0.4) is 0 Å². The Labute approximate surface area is 182 Å². The average Bonchev–Trinajstić information content (AvgIpc) is 3.39. The lowest BCUT2D eigenvalue weighted by Crippen LogP contribution is -2.36. The van der Waals surface area contributed by atoms with Gasteiger partial charge in [0.05, 0.1) is 30.1 Å². The smallest absolute Gasteiger partial charge is 0.258 e. The summed E-state index contributed by atoms with van der Waals surface area (Å²) in [6, 6.07) is 9.22. The van der Waals surface area contributed by atoms with Crippen LogP contribution in [0.5, 0.6) is 5.75 Å². The van der Waals surface area contributed by atoms with E-state index < -0.39 is 0 Å². The molecule has 0 fully saturated rings. The second kappa shape index (κ2) is 9.38. The molecule has 0 radical (unpaired) electrons. The van der Waals surface area contributed by atoms with Gasteiger partial charge in [-0.3, -0.25) is 19.8 Å². The molecule has 2 amide bonds. The van der Waals surface area contributed by atoms with Crippen LogP contribution in [0.2, 0.25) is 0 Å². The third-order valence-electron chi connectivity index (χ3n) is 4.64. The van der Waals surface area contributed by atoms with Crippen LogP contribution in [0, 0.1) is 0 Å². The molecular formula is C21H22N4O3S2. The van der Waals surface area contributed by atoms with Crippen molar-refractivity contribution in [2.24, 2.45) is 0 Å². The highest BCUT2D eigenvalue weighted by molar-refractivity contribution is 7.16. The van der Waals surface area contributed by atoms with E-state index in [2.05, 4.69) is 20.5 Å². The summed E-state index contributed by atoms with van der Waals surface area (Å²) >= 11 is 2.96. The van der Waals surface area contributed by atoms with Crippen LogP contribution in [0.1, 0.15) is 27.9 Å². The molecule has 0 aliphatic carbocycles. The molecule has 1 aliphatic rings. The predicted octanol–water partition coefficient (Wildman–Crippen LogP) is 3.85. The topological polar surface area (TPSA) is 83.6 Å². The number of carbonyl (C=O) groups excluding carboxylic acids is 2. The van der Waals surface area contributed by atoms with Crippen LogP contribution >= 0.6 is 22.7 Å². The number of rotatable bonds is 7. The maximum absolute atomic E-state index is 12.6. The number of nitrogens with one attached hydrogen (secondary N) is 2. The molecule has 0 atom stereocenters. The summed E-state index contributed by atoms with van der Waals surface area (Å²) in [6.45, 7) is 4.12. The van der Waals surface area contributed by atoms with Crippen molar-refractivity contribution in [3.8, 4) is 5.75 Å². The Morgan fingerprint density at radius 2 is 2.10 bits per heavy atom. The fourth-order valence-corrected chi connectivity index (χ4v) is 4.93. The Morgan fingerprint density at radius 1 is 1.23 bits per heavy atom. The Hall–Kier alpha value is -2.75. The van der Waals surface area contributed by atoms with Crippen LogP contribution in [-0.2, 0) is 17.8 Å². The number of nitrogens with zero attached hydrogens (tertiary/aromatic N) is 2. The number of para-hydroxylation sites is 2. The summed E-state index contributed by atoms with van der Waals surface area (Å²) in [5.41, 5.74) is 2.32. The SMILES string of the molecule is CCOc1ccccc1NC(=O)CN1CCc2nc(NC(=O)c3ccsc3)sc2C1. The van der Waals surface area contributed by atoms with Crippen molar-refractivity contribution in [2.45, 2.75) is 19.9 Å². The molecule has 1 aromatic carbocycles. The molecule has 0 saturated carbocycles. The van der Waals surface area contributed by atoms with E-state index in [1.165, 1.54) is 22.7 Å². The Morgan fingerprint density at radius 3 is 2.90 bits per heavy atom. The van der Waals surface area contributed by atoms with Gasteiger partial charge in [-0.05, 0) is 30.5 Å². The average molecular weight is 443 g/mol. The van der Waals surface area contributed by atoms with Crippen LogP contribution in [0.4, 0.5) is 10.8 Å². The minimum Gasteiger partial charge on any atom is -0.492 e. The van der Waals surface area contributed by atoms with Crippen molar-refractivity contribution in [1.29, 1.82) is 0 Å². The number of hydrogen-bond acceptors (Lipinski definition) is 7. The molecule has 156 valence electrons. The van der Waals surface area contributed by atoms with E-state index in [0.717, 1.165) is 23.5 Å². The molecule has 0 unspecified atom stereocenters. The van der Waals surface area contributed by atoms with E-state index in [1.54, 1.807) is 6.07 Å². The van der Waals surface area contributed by atoms with E-state index in [4.69, 9.17) is 4.74 Å². The predicted molar refractivity (Wildman–Crippen MR) is 120 cm³/mol. The maximum Gasteiger partial charge on any atom is 0.258 e. The van der Waals surface area contributed by atoms with Crippen LogP contribution < -0.4 is 15.4 Å². The molecule has 7 nitrogen and oxygen atoms in total. The summed E-state index contributed by atoms with van der Waals surface area (Å²) in [5.74, 6) is 0.440. The number of fused-ring (bicyclic) bond motifs is 1. The first-order valence-electron chi connectivity index (χ1n) is 9.68. The molecule has 30 heavy (non-hydrogen) atoms. The molecule has 1 aliphatic heterocycles. The molecule has 9 heteroatoms. The fraction of sp³-hybridized carbons (Fsp3) is 0.286. The highest BCUT2D eigenvalue weighted by Crippen LogP contribution is 2.29. The Bertz CT molecular complexity index is 1030. The lowest BCUT2D eigenvalue weighted by molar-refractivity contribution is -0.117. The van der Waals surface area contributed by atoms with E-state index in [1.807, 2.05) is 41.9 Å². The van der Waals surface area contributed by atoms with Crippen molar-refractivity contribution in [1.82, 2.24) is 9.88 Å². The third-order valence-corrected chi connectivity index (χ3v) is 6.32. The lowest BCUT2D eigenvalue weighted by atomic mass is 10.2. The molecule has 3 heterocycles. The quantitative estimate of drug-likeness (QED) is 0.581. The van der Waals surface area contributed by atoms with Crippen molar-refractivity contribution >= 4 is 45.3 Å². The Balaban J connectivity index is 1.35. The number of anilines is 2. The zero-order chi connectivity index (χ0) is 20.9.